The fraction of sp³-hybridized carbons (Fsp3) is 0.387. The zero-order chi connectivity index (χ0) is 27.5. The first-order valence-corrected chi connectivity index (χ1v) is 13.7. The molecule has 3 heterocycles. The second-order valence-electron chi connectivity index (χ2n) is 10.7. The quantitative estimate of drug-likeness (QED) is 0.274. The van der Waals surface area contributed by atoms with Gasteiger partial charge in [-0.1, -0.05) is 62.1 Å². The molecule has 1 amide bonds. The van der Waals surface area contributed by atoms with Crippen molar-refractivity contribution in [3.8, 4) is 5.69 Å². The molecule has 0 saturated carbocycles. The van der Waals surface area contributed by atoms with Crippen molar-refractivity contribution in [3.63, 3.8) is 0 Å². The number of nitrogens with one attached hydrogen (secondary N) is 1. The van der Waals surface area contributed by atoms with Gasteiger partial charge >= 0.3 is 0 Å². The molecule has 1 unspecified atom stereocenters. The molecule has 0 bridgehead atoms. The Bertz CT molecular complexity index is 1350. The molecule has 2 aliphatic heterocycles. The summed E-state index contributed by atoms with van der Waals surface area (Å²) in [5.74, 6) is -1.42. The van der Waals surface area contributed by atoms with E-state index in [9.17, 15) is 14.7 Å². The van der Waals surface area contributed by atoms with Crippen molar-refractivity contribution < 1.29 is 24.3 Å². The van der Waals surface area contributed by atoms with Crippen LogP contribution < -0.4 is 10.0 Å². The predicted molar refractivity (Wildman–Crippen MR) is 146 cm³/mol. The normalized spacial score (nSPS) is 19.8. The van der Waals surface area contributed by atoms with Gasteiger partial charge in [0.25, 0.3) is 5.91 Å². The highest BCUT2D eigenvalue weighted by atomic mass is 16.5. The molecule has 1 atom stereocenters. The highest BCUT2D eigenvalue weighted by Gasteiger charge is 2.44. The number of ether oxygens (including phenoxy) is 1. The summed E-state index contributed by atoms with van der Waals surface area (Å²) in [6, 6.07) is 16.7. The summed E-state index contributed by atoms with van der Waals surface area (Å²) in [5.41, 5.74) is 3.71. The van der Waals surface area contributed by atoms with Crippen LogP contribution in [-0.4, -0.2) is 65.8 Å². The lowest BCUT2D eigenvalue weighted by molar-refractivity contribution is -0.908. The number of Topliss-reactive ketones (excluding diaryl/α,β-unsaturated/α-hetero) is 1. The SMILES string of the molecule is Cc1c(/C([O-])=C2\C(=O)C(=O)N(CCC[NH+]3CCOCC3)C2c2ccc(C(C)C)cc2)cnn1-c1ccccc1. The lowest BCUT2D eigenvalue weighted by Crippen LogP contribution is -3.14. The largest absolute Gasteiger partial charge is 0.872 e. The van der Waals surface area contributed by atoms with Crippen molar-refractivity contribution in [2.75, 3.05) is 39.4 Å². The smallest absolute Gasteiger partial charge is 0.295 e. The molecule has 3 aromatic rings. The van der Waals surface area contributed by atoms with Gasteiger partial charge in [0.1, 0.15) is 13.1 Å². The number of hydrogen-bond donors (Lipinski definition) is 1. The van der Waals surface area contributed by atoms with Gasteiger partial charge < -0.3 is 19.6 Å². The molecule has 2 aromatic carbocycles. The van der Waals surface area contributed by atoms with E-state index in [1.165, 1.54) is 11.1 Å². The van der Waals surface area contributed by atoms with E-state index < -0.39 is 23.5 Å². The van der Waals surface area contributed by atoms with Gasteiger partial charge in [-0.3, -0.25) is 9.59 Å². The topological polar surface area (TPSA) is 91.9 Å². The Morgan fingerprint density at radius 1 is 1.08 bits per heavy atom. The summed E-state index contributed by atoms with van der Waals surface area (Å²) in [5, 5.41) is 18.4. The summed E-state index contributed by atoms with van der Waals surface area (Å²) in [6.07, 6.45) is 2.24. The number of morpholine rings is 1. The van der Waals surface area contributed by atoms with Crippen molar-refractivity contribution in [1.82, 2.24) is 14.7 Å². The highest BCUT2D eigenvalue weighted by Crippen LogP contribution is 2.39. The van der Waals surface area contributed by atoms with Gasteiger partial charge in [-0.05, 0) is 36.1 Å². The molecule has 5 rings (SSSR count). The number of nitrogens with zero attached hydrogens (tertiary/aromatic N) is 3. The van der Waals surface area contributed by atoms with E-state index in [4.69, 9.17) is 4.74 Å². The van der Waals surface area contributed by atoms with Gasteiger partial charge in [-0.25, -0.2) is 4.68 Å². The third-order valence-electron chi connectivity index (χ3n) is 7.83. The minimum Gasteiger partial charge on any atom is -0.872 e. The van der Waals surface area contributed by atoms with Crippen LogP contribution in [0.3, 0.4) is 0 Å². The number of rotatable bonds is 8. The Hall–Kier alpha value is -3.75. The Morgan fingerprint density at radius 2 is 1.77 bits per heavy atom. The first kappa shape index (κ1) is 26.8. The third kappa shape index (κ3) is 5.40. The zero-order valence-electron chi connectivity index (χ0n) is 22.9. The zero-order valence-corrected chi connectivity index (χ0v) is 22.9. The van der Waals surface area contributed by atoms with Crippen LogP contribution in [0, 0.1) is 6.92 Å². The van der Waals surface area contributed by atoms with Gasteiger partial charge in [0.15, 0.2) is 0 Å². The van der Waals surface area contributed by atoms with Gasteiger partial charge in [0, 0.05) is 29.8 Å². The Kier molecular flexibility index (Phi) is 7.95. The minimum absolute atomic E-state index is 0.00623. The molecule has 1 N–H and O–H groups in total. The average Bonchev–Trinajstić information content (AvgIpc) is 3.46. The number of likely N-dealkylation sites (tertiary alicyclic amines) is 1. The first-order valence-electron chi connectivity index (χ1n) is 13.7. The summed E-state index contributed by atoms with van der Waals surface area (Å²) in [7, 11) is 0. The monoisotopic (exact) mass is 528 g/mol. The molecule has 0 aliphatic carbocycles. The summed E-state index contributed by atoms with van der Waals surface area (Å²) < 4.78 is 7.14. The summed E-state index contributed by atoms with van der Waals surface area (Å²) in [6.45, 7) is 10.7. The van der Waals surface area contributed by atoms with Gasteiger partial charge in [-0.2, -0.15) is 5.10 Å². The Balaban J connectivity index is 1.51. The molecule has 0 spiro atoms. The molecule has 8 heteroatoms. The first-order chi connectivity index (χ1) is 18.9. The maximum absolute atomic E-state index is 14.0. The van der Waals surface area contributed by atoms with Crippen molar-refractivity contribution in [3.05, 3.63) is 88.8 Å². The second kappa shape index (κ2) is 11.6. The number of aromatic nitrogens is 2. The second-order valence-corrected chi connectivity index (χ2v) is 10.7. The Labute approximate surface area is 229 Å². The van der Waals surface area contributed by atoms with E-state index in [1.54, 1.807) is 9.58 Å². The predicted octanol–water partition coefficient (Wildman–Crippen LogP) is 1.83. The van der Waals surface area contributed by atoms with Gasteiger partial charge in [-0.15, -0.1) is 0 Å². The molecule has 2 saturated heterocycles. The van der Waals surface area contributed by atoms with Crippen molar-refractivity contribution >= 4 is 17.4 Å². The van der Waals surface area contributed by atoms with Crippen LogP contribution in [0.15, 0.2) is 66.4 Å². The molecule has 39 heavy (non-hydrogen) atoms. The number of amides is 1. The molecule has 204 valence electrons. The van der Waals surface area contributed by atoms with E-state index in [1.807, 2.05) is 61.5 Å². The molecule has 2 fully saturated rings. The summed E-state index contributed by atoms with van der Waals surface area (Å²) in [4.78, 5) is 29.8. The van der Waals surface area contributed by atoms with Crippen molar-refractivity contribution in [2.24, 2.45) is 0 Å². The number of carbonyl (C=O) groups excluding carboxylic acids is 2. The van der Waals surface area contributed by atoms with Crippen molar-refractivity contribution in [2.45, 2.75) is 39.2 Å². The summed E-state index contributed by atoms with van der Waals surface area (Å²) >= 11 is 0. The number of para-hydroxylation sites is 1. The Morgan fingerprint density at radius 3 is 2.44 bits per heavy atom. The van der Waals surface area contributed by atoms with Gasteiger partial charge in [0.2, 0.25) is 5.78 Å². The number of quaternary nitrogens is 1. The van der Waals surface area contributed by atoms with Gasteiger partial charge in [0.05, 0.1) is 37.7 Å². The molecule has 2 aliphatic rings. The fourth-order valence-electron chi connectivity index (χ4n) is 5.53. The maximum Gasteiger partial charge on any atom is 0.295 e. The maximum atomic E-state index is 14.0. The van der Waals surface area contributed by atoms with Crippen LogP contribution in [0.4, 0.5) is 0 Å². The molecule has 0 radical (unpaired) electrons. The number of ketones is 1. The molecule has 1 aromatic heterocycles. The number of benzene rings is 2. The van der Waals surface area contributed by atoms with E-state index in [0.29, 0.717) is 23.7 Å². The van der Waals surface area contributed by atoms with Crippen LogP contribution in [0.1, 0.15) is 54.6 Å². The highest BCUT2D eigenvalue weighted by molar-refractivity contribution is 6.46. The van der Waals surface area contributed by atoms with Crippen molar-refractivity contribution in [1.29, 1.82) is 0 Å². The van der Waals surface area contributed by atoms with E-state index in [-0.39, 0.29) is 5.57 Å². The number of hydrogen-bond acceptors (Lipinski definition) is 5. The van der Waals surface area contributed by atoms with Crippen LogP contribution in [0.25, 0.3) is 11.4 Å². The van der Waals surface area contributed by atoms with E-state index >= 15 is 0 Å². The van der Waals surface area contributed by atoms with E-state index in [0.717, 1.165) is 56.1 Å². The van der Waals surface area contributed by atoms with Crippen LogP contribution >= 0.6 is 0 Å². The molecular weight excluding hydrogens is 492 g/mol. The van der Waals surface area contributed by atoms with E-state index in [2.05, 4.69) is 18.9 Å². The standard InChI is InChI=1S/C31H36N4O4/c1-21(2)23-10-12-24(13-11-23)28-27(29(36)26-20-32-35(22(26)3)25-8-5-4-6-9-25)30(37)31(38)34(28)15-7-14-33-16-18-39-19-17-33/h4-6,8-13,20-21,28,36H,7,14-19H2,1-3H3/b29-27+. The average molecular weight is 529 g/mol. The fourth-order valence-corrected chi connectivity index (χ4v) is 5.53. The lowest BCUT2D eigenvalue weighted by Gasteiger charge is -2.29. The molecule has 8 nitrogen and oxygen atoms in total. The van der Waals surface area contributed by atoms with Crippen LogP contribution in [0.5, 0.6) is 0 Å². The lowest BCUT2D eigenvalue weighted by atomic mass is 9.93. The minimum atomic E-state index is -0.724. The van der Waals surface area contributed by atoms with Crippen LogP contribution in [-0.2, 0) is 14.3 Å². The third-order valence-corrected chi connectivity index (χ3v) is 7.83. The molecular formula is C31H36N4O4. The number of carbonyl (C=O) groups is 2. The van der Waals surface area contributed by atoms with Crippen LogP contribution in [0.2, 0.25) is 0 Å².